The van der Waals surface area contributed by atoms with Crippen LogP contribution < -0.4 is 0 Å². The quantitative estimate of drug-likeness (QED) is 0.630. The van der Waals surface area contributed by atoms with Gasteiger partial charge in [-0.3, -0.25) is 4.68 Å². The molecule has 142 valence electrons. The number of nitrogens with zero attached hydrogens (tertiary/aromatic N) is 5. The highest BCUT2D eigenvalue weighted by molar-refractivity contribution is 5.56. The van der Waals surface area contributed by atoms with E-state index in [4.69, 9.17) is 0 Å². The van der Waals surface area contributed by atoms with Gasteiger partial charge in [-0.1, -0.05) is 43.7 Å². The molecule has 2 aromatic heterocycles. The third-order valence-corrected chi connectivity index (χ3v) is 5.56. The van der Waals surface area contributed by atoms with Gasteiger partial charge in [0.05, 0.1) is 31.0 Å². The first-order chi connectivity index (χ1) is 13.3. The van der Waals surface area contributed by atoms with Gasteiger partial charge >= 0.3 is 0 Å². The van der Waals surface area contributed by atoms with Crippen LogP contribution in [0.5, 0.6) is 0 Å². The zero-order chi connectivity index (χ0) is 18.5. The summed E-state index contributed by atoms with van der Waals surface area (Å²) < 4.78 is 4.35. The Morgan fingerprint density at radius 2 is 1.85 bits per heavy atom. The van der Waals surface area contributed by atoms with E-state index in [1.165, 1.54) is 37.9 Å². The standard InChI is InChI=1S/C22H29N5/c1-2-21(17-25-11-7-4-8-12-25)27-18-23-14-22(27)20-13-24-26(16-20)15-19-9-5-3-6-10-19/h3,5-6,9-10,13-14,16,18,21H,2,4,7-8,11-12,15,17H2,1H3/t21-/m0/s1. The monoisotopic (exact) mass is 363 g/mol. The molecule has 0 spiro atoms. The Morgan fingerprint density at radius 1 is 1.04 bits per heavy atom. The Morgan fingerprint density at radius 3 is 2.63 bits per heavy atom. The summed E-state index contributed by atoms with van der Waals surface area (Å²) >= 11 is 0. The smallest absolute Gasteiger partial charge is 0.0954 e. The van der Waals surface area contributed by atoms with E-state index >= 15 is 0 Å². The summed E-state index contributed by atoms with van der Waals surface area (Å²) in [4.78, 5) is 7.07. The first-order valence-electron chi connectivity index (χ1n) is 10.1. The van der Waals surface area contributed by atoms with Crippen molar-refractivity contribution in [3.05, 3.63) is 60.8 Å². The second-order valence-corrected chi connectivity index (χ2v) is 7.52. The molecular formula is C22H29N5. The maximum absolute atomic E-state index is 4.57. The second-order valence-electron chi connectivity index (χ2n) is 7.52. The number of rotatable bonds is 7. The van der Waals surface area contributed by atoms with Gasteiger partial charge < -0.3 is 9.47 Å². The fourth-order valence-corrected chi connectivity index (χ4v) is 4.03. The van der Waals surface area contributed by atoms with Crippen LogP contribution in [-0.4, -0.2) is 43.9 Å². The van der Waals surface area contributed by atoms with Gasteiger partial charge in [-0.25, -0.2) is 4.98 Å². The topological polar surface area (TPSA) is 38.9 Å². The highest BCUT2D eigenvalue weighted by Gasteiger charge is 2.19. The molecule has 5 nitrogen and oxygen atoms in total. The van der Waals surface area contributed by atoms with Crippen LogP contribution in [0.1, 0.15) is 44.2 Å². The average Bonchev–Trinajstić information content (AvgIpc) is 3.37. The molecule has 3 aromatic rings. The Labute approximate surface area is 161 Å². The van der Waals surface area contributed by atoms with Crippen molar-refractivity contribution in [2.75, 3.05) is 19.6 Å². The van der Waals surface area contributed by atoms with Crippen molar-refractivity contribution in [1.29, 1.82) is 0 Å². The van der Waals surface area contributed by atoms with Gasteiger partial charge in [0.2, 0.25) is 0 Å². The Hall–Kier alpha value is -2.40. The highest BCUT2D eigenvalue weighted by atomic mass is 15.3. The summed E-state index contributed by atoms with van der Waals surface area (Å²) in [5.74, 6) is 0. The Bertz CT molecular complexity index is 829. The predicted octanol–water partition coefficient (Wildman–Crippen LogP) is 4.23. The Balaban J connectivity index is 1.50. The molecule has 0 radical (unpaired) electrons. The van der Waals surface area contributed by atoms with Gasteiger partial charge in [0.1, 0.15) is 0 Å². The molecule has 0 unspecified atom stereocenters. The van der Waals surface area contributed by atoms with Crippen LogP contribution in [0.4, 0.5) is 0 Å². The average molecular weight is 364 g/mol. The molecule has 0 N–H and O–H groups in total. The molecule has 1 fully saturated rings. The van der Waals surface area contributed by atoms with Gasteiger partial charge in [0, 0.05) is 24.3 Å². The molecule has 4 rings (SSSR count). The van der Waals surface area contributed by atoms with Crippen LogP contribution in [0.25, 0.3) is 11.3 Å². The number of benzene rings is 1. The van der Waals surface area contributed by atoms with Crippen molar-refractivity contribution in [1.82, 2.24) is 24.2 Å². The lowest BCUT2D eigenvalue weighted by Gasteiger charge is -2.31. The van der Waals surface area contributed by atoms with Crippen molar-refractivity contribution in [3.8, 4) is 11.3 Å². The lowest BCUT2D eigenvalue weighted by molar-refractivity contribution is 0.194. The minimum Gasteiger partial charge on any atom is -0.326 e. The van der Waals surface area contributed by atoms with Crippen molar-refractivity contribution >= 4 is 0 Å². The molecule has 1 aliphatic rings. The summed E-state index contributed by atoms with van der Waals surface area (Å²) in [6.45, 7) is 6.64. The van der Waals surface area contributed by atoms with Gasteiger partial charge in [0.25, 0.3) is 0 Å². The number of hydrogen-bond donors (Lipinski definition) is 0. The van der Waals surface area contributed by atoms with E-state index in [-0.39, 0.29) is 0 Å². The third-order valence-electron chi connectivity index (χ3n) is 5.56. The second kappa shape index (κ2) is 8.53. The minimum absolute atomic E-state index is 0.457. The predicted molar refractivity (Wildman–Crippen MR) is 109 cm³/mol. The maximum atomic E-state index is 4.57. The molecule has 0 aliphatic carbocycles. The van der Waals surface area contributed by atoms with E-state index < -0.39 is 0 Å². The third kappa shape index (κ3) is 4.30. The zero-order valence-corrected chi connectivity index (χ0v) is 16.2. The summed E-state index contributed by atoms with van der Waals surface area (Å²) in [5.41, 5.74) is 3.57. The molecule has 1 atom stereocenters. The number of likely N-dealkylation sites (tertiary alicyclic amines) is 1. The number of hydrogen-bond acceptors (Lipinski definition) is 3. The summed E-state index contributed by atoms with van der Waals surface area (Å²) in [7, 11) is 0. The fraction of sp³-hybridized carbons (Fsp3) is 0.455. The maximum Gasteiger partial charge on any atom is 0.0954 e. The van der Waals surface area contributed by atoms with E-state index in [0.29, 0.717) is 6.04 Å². The molecular weight excluding hydrogens is 334 g/mol. The van der Waals surface area contributed by atoms with Crippen LogP contribution >= 0.6 is 0 Å². The van der Waals surface area contributed by atoms with Gasteiger partial charge in [-0.05, 0) is 37.9 Å². The normalized spacial score (nSPS) is 16.5. The van der Waals surface area contributed by atoms with E-state index in [9.17, 15) is 0 Å². The van der Waals surface area contributed by atoms with Crippen LogP contribution in [-0.2, 0) is 6.54 Å². The minimum atomic E-state index is 0.457. The van der Waals surface area contributed by atoms with E-state index in [2.05, 4.69) is 56.9 Å². The van der Waals surface area contributed by atoms with Crippen molar-refractivity contribution in [3.63, 3.8) is 0 Å². The molecule has 0 bridgehead atoms. The molecule has 1 aliphatic heterocycles. The highest BCUT2D eigenvalue weighted by Crippen LogP contribution is 2.25. The van der Waals surface area contributed by atoms with Crippen LogP contribution in [0.3, 0.4) is 0 Å². The fourth-order valence-electron chi connectivity index (χ4n) is 4.03. The molecule has 3 heterocycles. The molecule has 27 heavy (non-hydrogen) atoms. The lowest BCUT2D eigenvalue weighted by atomic mass is 10.1. The number of piperidine rings is 1. The SMILES string of the molecule is CC[C@@H](CN1CCCCC1)n1cncc1-c1cnn(Cc2ccccc2)c1. The largest absolute Gasteiger partial charge is 0.326 e. The van der Waals surface area contributed by atoms with Crippen molar-refractivity contribution < 1.29 is 0 Å². The van der Waals surface area contributed by atoms with E-state index in [0.717, 1.165) is 30.8 Å². The summed E-state index contributed by atoms with van der Waals surface area (Å²) in [6.07, 6.45) is 13.2. The summed E-state index contributed by atoms with van der Waals surface area (Å²) in [6, 6.07) is 10.9. The first-order valence-corrected chi connectivity index (χ1v) is 10.1. The number of aromatic nitrogens is 4. The van der Waals surface area contributed by atoms with Gasteiger partial charge in [-0.15, -0.1) is 0 Å². The van der Waals surface area contributed by atoms with Crippen LogP contribution in [0, 0.1) is 0 Å². The van der Waals surface area contributed by atoms with Crippen LogP contribution in [0.15, 0.2) is 55.2 Å². The van der Waals surface area contributed by atoms with E-state index in [1.807, 2.05) is 29.5 Å². The van der Waals surface area contributed by atoms with Crippen molar-refractivity contribution in [2.45, 2.75) is 45.2 Å². The zero-order valence-electron chi connectivity index (χ0n) is 16.2. The molecule has 5 heteroatoms. The molecule has 1 aromatic carbocycles. The van der Waals surface area contributed by atoms with Crippen molar-refractivity contribution in [2.24, 2.45) is 0 Å². The molecule has 0 saturated carbocycles. The van der Waals surface area contributed by atoms with Gasteiger partial charge in [-0.2, -0.15) is 5.10 Å². The van der Waals surface area contributed by atoms with Gasteiger partial charge in [0.15, 0.2) is 0 Å². The Kier molecular flexibility index (Phi) is 5.68. The van der Waals surface area contributed by atoms with E-state index in [1.54, 1.807) is 0 Å². The summed E-state index contributed by atoms with van der Waals surface area (Å²) in [5, 5.41) is 4.57. The lowest BCUT2D eigenvalue weighted by Crippen LogP contribution is -2.35. The van der Waals surface area contributed by atoms with Crippen LogP contribution in [0.2, 0.25) is 0 Å². The molecule has 1 saturated heterocycles. The number of imidazole rings is 1. The molecule has 0 amide bonds. The first kappa shape index (κ1) is 18.0.